The van der Waals surface area contributed by atoms with Crippen LogP contribution in [0.2, 0.25) is 0 Å². The third-order valence-electron chi connectivity index (χ3n) is 2.17. The van der Waals surface area contributed by atoms with Crippen molar-refractivity contribution in [2.24, 2.45) is 0 Å². The number of hydrogen-bond acceptors (Lipinski definition) is 6. The fourth-order valence-electron chi connectivity index (χ4n) is 1.38. The molecule has 2 N–H and O–H groups in total. The Labute approximate surface area is 110 Å². The van der Waals surface area contributed by atoms with Crippen LogP contribution in [0.4, 0.5) is 22.1 Å². The molecular weight excluding hydrogens is 248 g/mol. The number of anilines is 3. The molecule has 0 aliphatic carbocycles. The van der Waals surface area contributed by atoms with E-state index in [4.69, 9.17) is 9.26 Å². The van der Waals surface area contributed by atoms with E-state index in [1.54, 1.807) is 32.0 Å². The van der Waals surface area contributed by atoms with E-state index in [2.05, 4.69) is 20.8 Å². The molecule has 2 heterocycles. The SMILES string of the molecule is CCOC(=O)Nc1ccc(Nc2cc(C)on2)nc1. The second kappa shape index (κ2) is 5.85. The van der Waals surface area contributed by atoms with Gasteiger partial charge in [-0.2, -0.15) is 0 Å². The number of aromatic nitrogens is 2. The van der Waals surface area contributed by atoms with E-state index in [0.717, 1.165) is 0 Å². The lowest BCUT2D eigenvalue weighted by atomic mass is 10.4. The molecule has 1 amide bonds. The molecule has 2 aromatic heterocycles. The molecule has 19 heavy (non-hydrogen) atoms. The van der Waals surface area contributed by atoms with E-state index in [1.165, 1.54) is 6.20 Å². The first-order chi connectivity index (χ1) is 9.17. The number of nitrogens with zero attached hydrogens (tertiary/aromatic N) is 2. The van der Waals surface area contributed by atoms with Crippen molar-refractivity contribution in [1.82, 2.24) is 10.1 Å². The molecule has 7 nitrogen and oxygen atoms in total. The average molecular weight is 262 g/mol. The van der Waals surface area contributed by atoms with Gasteiger partial charge in [-0.3, -0.25) is 5.32 Å². The van der Waals surface area contributed by atoms with Gasteiger partial charge in [0.25, 0.3) is 0 Å². The zero-order chi connectivity index (χ0) is 13.7. The van der Waals surface area contributed by atoms with Crippen molar-refractivity contribution in [3.05, 3.63) is 30.2 Å². The van der Waals surface area contributed by atoms with Gasteiger partial charge in [0.1, 0.15) is 11.6 Å². The maximum Gasteiger partial charge on any atom is 0.411 e. The smallest absolute Gasteiger partial charge is 0.411 e. The predicted octanol–water partition coefficient (Wildman–Crippen LogP) is 2.69. The highest BCUT2D eigenvalue weighted by molar-refractivity contribution is 5.84. The van der Waals surface area contributed by atoms with Gasteiger partial charge in [-0.1, -0.05) is 5.16 Å². The summed E-state index contributed by atoms with van der Waals surface area (Å²) in [6.45, 7) is 3.87. The monoisotopic (exact) mass is 262 g/mol. The number of rotatable bonds is 4. The Hall–Kier alpha value is -2.57. The lowest BCUT2D eigenvalue weighted by molar-refractivity contribution is 0.168. The molecule has 0 saturated heterocycles. The highest BCUT2D eigenvalue weighted by Gasteiger charge is 2.04. The van der Waals surface area contributed by atoms with Crippen molar-refractivity contribution in [2.75, 3.05) is 17.2 Å². The number of hydrogen-bond donors (Lipinski definition) is 2. The van der Waals surface area contributed by atoms with Crippen molar-refractivity contribution >= 4 is 23.4 Å². The Morgan fingerprint density at radius 2 is 2.26 bits per heavy atom. The lowest BCUT2D eigenvalue weighted by Crippen LogP contribution is -2.13. The number of carbonyl (C=O) groups excluding carboxylic acids is 1. The first-order valence-corrected chi connectivity index (χ1v) is 5.77. The van der Waals surface area contributed by atoms with Crippen LogP contribution in [0.15, 0.2) is 28.9 Å². The summed E-state index contributed by atoms with van der Waals surface area (Å²) in [6, 6.07) is 5.18. The van der Waals surface area contributed by atoms with Crippen molar-refractivity contribution in [3.8, 4) is 0 Å². The number of pyridine rings is 1. The van der Waals surface area contributed by atoms with Crippen LogP contribution in [0.5, 0.6) is 0 Å². The normalized spacial score (nSPS) is 10.0. The number of nitrogens with one attached hydrogen (secondary N) is 2. The summed E-state index contributed by atoms with van der Waals surface area (Å²) in [6.07, 6.45) is 1.02. The molecule has 0 unspecified atom stereocenters. The van der Waals surface area contributed by atoms with Crippen LogP contribution in [-0.4, -0.2) is 22.8 Å². The Morgan fingerprint density at radius 3 is 2.84 bits per heavy atom. The van der Waals surface area contributed by atoms with E-state index in [9.17, 15) is 4.79 Å². The average Bonchev–Trinajstić information content (AvgIpc) is 2.78. The summed E-state index contributed by atoms with van der Waals surface area (Å²) >= 11 is 0. The Kier molecular flexibility index (Phi) is 3.97. The molecule has 0 spiro atoms. The third-order valence-corrected chi connectivity index (χ3v) is 2.17. The van der Waals surface area contributed by atoms with Gasteiger partial charge in [-0.05, 0) is 26.0 Å². The van der Waals surface area contributed by atoms with Crippen LogP contribution in [0, 0.1) is 6.92 Å². The fraction of sp³-hybridized carbons (Fsp3) is 0.250. The van der Waals surface area contributed by atoms with Gasteiger partial charge in [0.2, 0.25) is 0 Å². The summed E-state index contributed by atoms with van der Waals surface area (Å²) in [5.74, 6) is 1.89. The number of ether oxygens (including phenoxy) is 1. The summed E-state index contributed by atoms with van der Waals surface area (Å²) in [5, 5.41) is 9.31. The van der Waals surface area contributed by atoms with Crippen molar-refractivity contribution in [2.45, 2.75) is 13.8 Å². The topological polar surface area (TPSA) is 89.3 Å². The van der Waals surface area contributed by atoms with Crippen LogP contribution >= 0.6 is 0 Å². The molecule has 0 fully saturated rings. The van der Waals surface area contributed by atoms with Gasteiger partial charge in [-0.15, -0.1) is 0 Å². The van der Waals surface area contributed by atoms with Gasteiger partial charge in [-0.25, -0.2) is 9.78 Å². The molecule has 100 valence electrons. The van der Waals surface area contributed by atoms with Crippen LogP contribution in [0.1, 0.15) is 12.7 Å². The quantitative estimate of drug-likeness (QED) is 0.880. The van der Waals surface area contributed by atoms with E-state index in [0.29, 0.717) is 29.7 Å². The van der Waals surface area contributed by atoms with Crippen LogP contribution in [-0.2, 0) is 4.74 Å². The molecule has 0 saturated carbocycles. The standard InChI is InChI=1S/C12H14N4O3/c1-3-18-12(17)14-9-4-5-10(13-7-9)15-11-6-8(2)19-16-11/h4-7H,3H2,1-2H3,(H,14,17)(H,13,15,16). The number of amides is 1. The Morgan fingerprint density at radius 1 is 1.42 bits per heavy atom. The van der Waals surface area contributed by atoms with Crippen molar-refractivity contribution in [3.63, 3.8) is 0 Å². The zero-order valence-corrected chi connectivity index (χ0v) is 10.6. The van der Waals surface area contributed by atoms with E-state index in [-0.39, 0.29) is 0 Å². The maximum atomic E-state index is 11.2. The van der Waals surface area contributed by atoms with Crippen LogP contribution in [0.3, 0.4) is 0 Å². The van der Waals surface area contributed by atoms with Crippen molar-refractivity contribution in [1.29, 1.82) is 0 Å². The highest BCUT2D eigenvalue weighted by atomic mass is 16.5. The first-order valence-electron chi connectivity index (χ1n) is 5.77. The molecule has 0 aromatic carbocycles. The molecule has 0 aliphatic heterocycles. The minimum atomic E-state index is -0.503. The summed E-state index contributed by atoms with van der Waals surface area (Å²) in [5.41, 5.74) is 0.556. The second-order valence-corrected chi connectivity index (χ2v) is 3.73. The van der Waals surface area contributed by atoms with Crippen LogP contribution in [0.25, 0.3) is 0 Å². The molecule has 0 aliphatic rings. The fourth-order valence-corrected chi connectivity index (χ4v) is 1.38. The van der Waals surface area contributed by atoms with E-state index >= 15 is 0 Å². The van der Waals surface area contributed by atoms with E-state index < -0.39 is 6.09 Å². The molecule has 0 radical (unpaired) electrons. The molecule has 0 atom stereocenters. The van der Waals surface area contributed by atoms with Gasteiger partial charge < -0.3 is 14.6 Å². The van der Waals surface area contributed by atoms with Gasteiger partial charge in [0.05, 0.1) is 18.5 Å². The molecule has 2 aromatic rings. The van der Waals surface area contributed by atoms with Crippen LogP contribution < -0.4 is 10.6 Å². The third kappa shape index (κ3) is 3.70. The number of carbonyl (C=O) groups is 1. The van der Waals surface area contributed by atoms with Crippen molar-refractivity contribution < 1.29 is 14.1 Å². The van der Waals surface area contributed by atoms with Gasteiger partial charge in [0.15, 0.2) is 5.82 Å². The molecule has 2 rings (SSSR count). The predicted molar refractivity (Wildman–Crippen MR) is 69.4 cm³/mol. The maximum absolute atomic E-state index is 11.2. The number of aryl methyl sites for hydroxylation is 1. The van der Waals surface area contributed by atoms with Gasteiger partial charge in [0, 0.05) is 6.07 Å². The summed E-state index contributed by atoms with van der Waals surface area (Å²) in [4.78, 5) is 15.3. The highest BCUT2D eigenvalue weighted by Crippen LogP contribution is 2.15. The summed E-state index contributed by atoms with van der Waals surface area (Å²) in [7, 11) is 0. The Balaban J connectivity index is 1.96. The summed E-state index contributed by atoms with van der Waals surface area (Å²) < 4.78 is 9.68. The minimum absolute atomic E-state index is 0.324. The first kappa shape index (κ1) is 12.9. The molecule has 0 bridgehead atoms. The molecular formula is C12H14N4O3. The zero-order valence-electron chi connectivity index (χ0n) is 10.6. The largest absolute Gasteiger partial charge is 0.450 e. The van der Waals surface area contributed by atoms with E-state index in [1.807, 2.05) is 0 Å². The lowest BCUT2D eigenvalue weighted by Gasteiger charge is -2.05. The second-order valence-electron chi connectivity index (χ2n) is 3.73. The Bertz CT molecular complexity index is 550. The van der Waals surface area contributed by atoms with Gasteiger partial charge >= 0.3 is 6.09 Å². The molecule has 7 heteroatoms. The minimum Gasteiger partial charge on any atom is -0.450 e.